The van der Waals surface area contributed by atoms with Gasteiger partial charge in [0.15, 0.2) is 0 Å². The van der Waals surface area contributed by atoms with Crippen LogP contribution in [-0.4, -0.2) is 37.9 Å². The molecule has 104 valence electrons. The van der Waals surface area contributed by atoms with Crippen LogP contribution in [0.3, 0.4) is 0 Å². The first-order valence-corrected chi connectivity index (χ1v) is 7.09. The summed E-state index contributed by atoms with van der Waals surface area (Å²) in [6.07, 6.45) is 2.03. The fraction of sp³-hybridized carbons (Fsp3) is 0.308. The summed E-state index contributed by atoms with van der Waals surface area (Å²) < 4.78 is 0. The van der Waals surface area contributed by atoms with Gasteiger partial charge in [-0.1, -0.05) is 6.07 Å². The Morgan fingerprint density at radius 3 is 3.10 bits per heavy atom. The van der Waals surface area contributed by atoms with Crippen LogP contribution in [-0.2, 0) is 29.0 Å². The van der Waals surface area contributed by atoms with Crippen LogP contribution in [0.2, 0.25) is 0 Å². The minimum Gasteiger partial charge on any atom is -0.480 e. The van der Waals surface area contributed by atoms with Gasteiger partial charge >= 0.3 is 5.97 Å². The van der Waals surface area contributed by atoms with E-state index in [1.165, 1.54) is 22.6 Å². The number of hydrogen-bond acceptors (Lipinski definition) is 4. The summed E-state index contributed by atoms with van der Waals surface area (Å²) in [4.78, 5) is 33.1. The maximum atomic E-state index is 12.3. The van der Waals surface area contributed by atoms with E-state index in [1.54, 1.807) is 0 Å². The number of carbonyl (C=O) groups excluding carboxylic acids is 1. The van der Waals surface area contributed by atoms with E-state index in [2.05, 4.69) is 9.97 Å². The van der Waals surface area contributed by atoms with Crippen LogP contribution < -0.4 is 0 Å². The molecule has 0 aromatic carbocycles. The van der Waals surface area contributed by atoms with Gasteiger partial charge in [-0.2, -0.15) is 0 Å². The number of imidazole rings is 1. The molecule has 2 aromatic heterocycles. The third-order valence-electron chi connectivity index (χ3n) is 3.41. The zero-order valence-corrected chi connectivity index (χ0v) is 11.4. The average molecular weight is 291 g/mol. The van der Waals surface area contributed by atoms with Crippen LogP contribution in [0.1, 0.15) is 16.3 Å². The summed E-state index contributed by atoms with van der Waals surface area (Å²) >= 11 is 1.50. The second kappa shape index (κ2) is 5.09. The van der Waals surface area contributed by atoms with Crippen LogP contribution in [0.4, 0.5) is 0 Å². The van der Waals surface area contributed by atoms with Crippen molar-refractivity contribution in [2.45, 2.75) is 25.4 Å². The number of nitrogens with zero attached hydrogens (tertiary/aromatic N) is 2. The molecule has 0 radical (unpaired) electrons. The number of nitrogens with one attached hydrogen (secondary N) is 1. The van der Waals surface area contributed by atoms with Gasteiger partial charge < -0.3 is 15.0 Å². The summed E-state index contributed by atoms with van der Waals surface area (Å²) in [7, 11) is 0. The lowest BCUT2D eigenvalue weighted by Gasteiger charge is -2.32. The molecule has 0 spiro atoms. The molecule has 1 atom stereocenters. The van der Waals surface area contributed by atoms with E-state index in [0.29, 0.717) is 0 Å². The first kappa shape index (κ1) is 12.9. The van der Waals surface area contributed by atoms with Crippen molar-refractivity contribution < 1.29 is 14.7 Å². The number of rotatable bonds is 3. The number of aliphatic carboxylic acids is 1. The number of carbonyl (C=O) groups is 2. The van der Waals surface area contributed by atoms with Gasteiger partial charge in [0, 0.05) is 11.3 Å². The number of carboxylic acid groups (broad SMARTS) is 1. The van der Waals surface area contributed by atoms with Crippen molar-refractivity contribution in [1.29, 1.82) is 0 Å². The summed E-state index contributed by atoms with van der Waals surface area (Å²) in [5, 5.41) is 11.2. The second-order valence-corrected chi connectivity index (χ2v) is 5.70. The molecule has 0 aliphatic carbocycles. The Morgan fingerprint density at radius 2 is 2.40 bits per heavy atom. The normalized spacial score (nSPS) is 17.8. The number of hydrogen-bond donors (Lipinski definition) is 2. The predicted octanol–water partition coefficient (Wildman–Crippen LogP) is 1.05. The molecule has 1 amide bonds. The summed E-state index contributed by atoms with van der Waals surface area (Å²) in [5.74, 6) is -1.15. The number of aromatic amines is 1. The Morgan fingerprint density at radius 1 is 1.55 bits per heavy atom. The van der Waals surface area contributed by atoms with E-state index < -0.39 is 12.0 Å². The highest BCUT2D eigenvalue weighted by Gasteiger charge is 2.35. The molecular weight excluding hydrogens is 278 g/mol. The second-order valence-electron chi connectivity index (χ2n) is 4.66. The fourth-order valence-electron chi connectivity index (χ4n) is 2.38. The molecule has 6 nitrogen and oxygen atoms in total. The summed E-state index contributed by atoms with van der Waals surface area (Å²) in [6, 6.07) is 2.92. The predicted molar refractivity (Wildman–Crippen MR) is 72.3 cm³/mol. The average Bonchev–Trinajstić information content (AvgIpc) is 3.06. The van der Waals surface area contributed by atoms with E-state index in [0.717, 1.165) is 16.3 Å². The summed E-state index contributed by atoms with van der Waals surface area (Å²) in [5.41, 5.74) is 1.56. The highest BCUT2D eigenvalue weighted by Crippen LogP contribution is 2.22. The molecular formula is C13H13N3O3S. The summed E-state index contributed by atoms with van der Waals surface area (Å²) in [6.45, 7) is 0.274. The Bertz CT molecular complexity index is 635. The van der Waals surface area contributed by atoms with Gasteiger partial charge in [-0.15, -0.1) is 11.3 Å². The number of thiophene rings is 1. The molecule has 1 aliphatic rings. The Labute approximate surface area is 119 Å². The zero-order valence-electron chi connectivity index (χ0n) is 10.6. The number of fused-ring (bicyclic) bond motifs is 1. The molecule has 0 fully saturated rings. The van der Waals surface area contributed by atoms with Crippen molar-refractivity contribution in [3.63, 3.8) is 0 Å². The molecule has 2 N–H and O–H groups in total. The molecule has 1 unspecified atom stereocenters. The van der Waals surface area contributed by atoms with Crippen molar-refractivity contribution in [3.8, 4) is 0 Å². The molecule has 20 heavy (non-hydrogen) atoms. The van der Waals surface area contributed by atoms with Crippen molar-refractivity contribution in [1.82, 2.24) is 14.9 Å². The van der Waals surface area contributed by atoms with Gasteiger partial charge in [0.1, 0.15) is 6.04 Å². The largest absolute Gasteiger partial charge is 0.480 e. The monoisotopic (exact) mass is 291 g/mol. The Kier molecular flexibility index (Phi) is 3.27. The third kappa shape index (κ3) is 2.32. The van der Waals surface area contributed by atoms with Gasteiger partial charge in [0.2, 0.25) is 5.91 Å². The van der Waals surface area contributed by atoms with Crippen molar-refractivity contribution in [3.05, 3.63) is 40.1 Å². The highest BCUT2D eigenvalue weighted by molar-refractivity contribution is 7.10. The van der Waals surface area contributed by atoms with Crippen LogP contribution in [0, 0.1) is 0 Å². The third-order valence-corrected chi connectivity index (χ3v) is 4.29. The Balaban J connectivity index is 1.82. The number of H-pyrrole nitrogens is 1. The topological polar surface area (TPSA) is 86.3 Å². The minimum absolute atomic E-state index is 0.167. The Hall–Kier alpha value is -2.15. The number of carboxylic acids is 1. The quantitative estimate of drug-likeness (QED) is 0.885. The van der Waals surface area contributed by atoms with Crippen LogP contribution in [0.5, 0.6) is 0 Å². The molecule has 2 aromatic rings. The van der Waals surface area contributed by atoms with Gasteiger partial charge in [-0.05, 0) is 11.4 Å². The fourth-order valence-corrected chi connectivity index (χ4v) is 3.08. The molecule has 0 bridgehead atoms. The molecule has 0 saturated carbocycles. The highest BCUT2D eigenvalue weighted by atomic mass is 32.1. The molecule has 3 heterocycles. The van der Waals surface area contributed by atoms with Crippen molar-refractivity contribution in [2.24, 2.45) is 0 Å². The SMILES string of the molecule is O=C(O)C1Cc2nc[nH]c2CN1C(=O)Cc1cccs1. The van der Waals surface area contributed by atoms with Gasteiger partial charge in [0.05, 0.1) is 30.7 Å². The minimum atomic E-state index is -0.988. The van der Waals surface area contributed by atoms with E-state index in [1.807, 2.05) is 17.5 Å². The van der Waals surface area contributed by atoms with E-state index in [9.17, 15) is 14.7 Å². The number of amides is 1. The van der Waals surface area contributed by atoms with Gasteiger partial charge in [-0.25, -0.2) is 9.78 Å². The zero-order chi connectivity index (χ0) is 14.1. The first-order valence-electron chi connectivity index (χ1n) is 6.21. The maximum Gasteiger partial charge on any atom is 0.326 e. The van der Waals surface area contributed by atoms with Crippen LogP contribution in [0.15, 0.2) is 23.8 Å². The lowest BCUT2D eigenvalue weighted by molar-refractivity contribution is -0.151. The van der Waals surface area contributed by atoms with E-state index >= 15 is 0 Å². The molecule has 0 saturated heterocycles. The van der Waals surface area contributed by atoms with Crippen molar-refractivity contribution in [2.75, 3.05) is 0 Å². The van der Waals surface area contributed by atoms with E-state index in [4.69, 9.17) is 0 Å². The van der Waals surface area contributed by atoms with Gasteiger partial charge in [-0.3, -0.25) is 4.79 Å². The lowest BCUT2D eigenvalue weighted by Crippen LogP contribution is -2.49. The number of aromatic nitrogens is 2. The van der Waals surface area contributed by atoms with Gasteiger partial charge in [0.25, 0.3) is 0 Å². The molecule has 7 heteroatoms. The maximum absolute atomic E-state index is 12.3. The van der Waals surface area contributed by atoms with Crippen LogP contribution in [0.25, 0.3) is 0 Å². The van der Waals surface area contributed by atoms with E-state index in [-0.39, 0.29) is 25.3 Å². The lowest BCUT2D eigenvalue weighted by atomic mass is 10.0. The molecule has 1 aliphatic heterocycles. The van der Waals surface area contributed by atoms with Crippen LogP contribution >= 0.6 is 11.3 Å². The van der Waals surface area contributed by atoms with Crippen molar-refractivity contribution >= 4 is 23.2 Å². The standard InChI is InChI=1S/C13H13N3O3S/c17-12(4-8-2-1-3-20-8)16-6-10-9(14-7-15-10)5-11(16)13(18)19/h1-3,7,11H,4-6H2,(H,14,15)(H,18,19). The first-order chi connectivity index (χ1) is 9.65. The molecule has 3 rings (SSSR count). The smallest absolute Gasteiger partial charge is 0.326 e.